The fourth-order valence-corrected chi connectivity index (χ4v) is 4.76. The average Bonchev–Trinajstić information content (AvgIpc) is 2.99. The van der Waals surface area contributed by atoms with Crippen LogP contribution in [0.15, 0.2) is 71.6 Å². The van der Waals surface area contributed by atoms with Gasteiger partial charge in [0.2, 0.25) is 0 Å². The van der Waals surface area contributed by atoms with E-state index >= 15 is 0 Å². The van der Waals surface area contributed by atoms with E-state index in [1.54, 1.807) is 66.7 Å². The Morgan fingerprint density at radius 1 is 0.935 bits per heavy atom. The smallest absolute Gasteiger partial charge is 0.255 e. The van der Waals surface area contributed by atoms with Crippen molar-refractivity contribution in [3.63, 3.8) is 0 Å². The van der Waals surface area contributed by atoms with E-state index in [2.05, 4.69) is 5.32 Å². The minimum atomic E-state index is -3.52. The van der Waals surface area contributed by atoms with Gasteiger partial charge in [0.25, 0.3) is 5.91 Å². The molecule has 1 aliphatic rings. The molecule has 0 spiro atoms. The summed E-state index contributed by atoms with van der Waals surface area (Å²) in [5.41, 5.74) is 1.23. The summed E-state index contributed by atoms with van der Waals surface area (Å²) in [6, 6.07) is 18.0. The number of carbonyl (C=O) groups is 1. The molecule has 6 nitrogen and oxygen atoms in total. The summed E-state index contributed by atoms with van der Waals surface area (Å²) in [6.07, 6.45) is 0.757. The van der Waals surface area contributed by atoms with Crippen LogP contribution >= 0.6 is 11.6 Å². The number of amides is 1. The van der Waals surface area contributed by atoms with Gasteiger partial charge in [0.05, 0.1) is 34.6 Å². The zero-order chi connectivity index (χ0) is 21.8. The number of sulfone groups is 1. The highest BCUT2D eigenvalue weighted by atomic mass is 35.5. The highest BCUT2D eigenvalue weighted by molar-refractivity contribution is 7.90. The summed E-state index contributed by atoms with van der Waals surface area (Å²) in [5, 5.41) is 3.08. The third kappa shape index (κ3) is 5.00. The molecule has 0 unspecified atom stereocenters. The number of nitrogens with one attached hydrogen (secondary N) is 1. The number of fused-ring (bicyclic) bond motifs is 1. The third-order valence-corrected chi connectivity index (χ3v) is 6.75. The van der Waals surface area contributed by atoms with Gasteiger partial charge in [-0.05, 0) is 29.8 Å². The van der Waals surface area contributed by atoms with Crippen molar-refractivity contribution >= 4 is 33.0 Å². The number of rotatable bonds is 5. The van der Waals surface area contributed by atoms with Gasteiger partial charge in [-0.15, -0.1) is 0 Å². The Morgan fingerprint density at radius 2 is 1.65 bits per heavy atom. The monoisotopic (exact) mass is 457 g/mol. The largest absolute Gasteiger partial charge is 0.490 e. The van der Waals surface area contributed by atoms with E-state index in [1.165, 1.54) is 0 Å². The van der Waals surface area contributed by atoms with Gasteiger partial charge in [-0.3, -0.25) is 4.79 Å². The minimum Gasteiger partial charge on any atom is -0.490 e. The number of hydrogen-bond donors (Lipinski definition) is 1. The molecule has 1 amide bonds. The Bertz CT molecular complexity index is 1210. The lowest BCUT2D eigenvalue weighted by atomic mass is 10.1. The number of carbonyl (C=O) groups excluding carboxylic acids is 1. The van der Waals surface area contributed by atoms with Crippen molar-refractivity contribution in [2.45, 2.75) is 17.1 Å². The molecule has 0 radical (unpaired) electrons. The van der Waals surface area contributed by atoms with Gasteiger partial charge in [-0.2, -0.15) is 0 Å². The summed E-state index contributed by atoms with van der Waals surface area (Å²) in [7, 11) is -3.52. The van der Waals surface area contributed by atoms with Gasteiger partial charge in [0, 0.05) is 24.1 Å². The molecular weight excluding hydrogens is 438 g/mol. The average molecular weight is 458 g/mol. The van der Waals surface area contributed by atoms with E-state index in [1.807, 2.05) is 0 Å². The minimum absolute atomic E-state index is 0.205. The van der Waals surface area contributed by atoms with Gasteiger partial charge in [0.15, 0.2) is 21.3 Å². The van der Waals surface area contributed by atoms with Crippen LogP contribution in [-0.4, -0.2) is 27.5 Å². The fraction of sp³-hybridized carbons (Fsp3) is 0.174. The van der Waals surface area contributed by atoms with Crippen molar-refractivity contribution in [3.8, 4) is 11.5 Å². The predicted molar refractivity (Wildman–Crippen MR) is 119 cm³/mol. The topological polar surface area (TPSA) is 81.7 Å². The molecule has 0 fully saturated rings. The molecule has 4 rings (SSSR count). The lowest BCUT2D eigenvalue weighted by molar-refractivity contribution is 0.102. The molecule has 160 valence electrons. The van der Waals surface area contributed by atoms with E-state index in [0.29, 0.717) is 46.5 Å². The van der Waals surface area contributed by atoms with E-state index < -0.39 is 15.7 Å². The Hall–Kier alpha value is -3.03. The Balaban J connectivity index is 1.53. The van der Waals surface area contributed by atoms with Crippen LogP contribution in [0.2, 0.25) is 5.02 Å². The summed E-state index contributed by atoms with van der Waals surface area (Å²) >= 11 is 6.30. The molecule has 31 heavy (non-hydrogen) atoms. The maximum atomic E-state index is 12.8. The maximum absolute atomic E-state index is 12.8. The normalized spacial score (nSPS) is 13.3. The second-order valence-electron chi connectivity index (χ2n) is 7.06. The van der Waals surface area contributed by atoms with Crippen LogP contribution in [0.4, 0.5) is 5.69 Å². The highest BCUT2D eigenvalue weighted by Crippen LogP contribution is 2.37. The van der Waals surface area contributed by atoms with Crippen LogP contribution in [0.25, 0.3) is 0 Å². The van der Waals surface area contributed by atoms with Crippen LogP contribution in [0, 0.1) is 0 Å². The first-order chi connectivity index (χ1) is 14.9. The van der Waals surface area contributed by atoms with Crippen LogP contribution in [0.1, 0.15) is 22.3 Å². The van der Waals surface area contributed by atoms with Crippen LogP contribution in [-0.2, 0) is 15.6 Å². The van der Waals surface area contributed by atoms with Gasteiger partial charge >= 0.3 is 0 Å². The van der Waals surface area contributed by atoms with Crippen molar-refractivity contribution in [2.75, 3.05) is 18.5 Å². The molecule has 0 atom stereocenters. The predicted octanol–water partition coefficient (Wildman–Crippen LogP) is 4.73. The van der Waals surface area contributed by atoms with Gasteiger partial charge < -0.3 is 14.8 Å². The van der Waals surface area contributed by atoms with Crippen LogP contribution in [0.5, 0.6) is 11.5 Å². The van der Waals surface area contributed by atoms with Gasteiger partial charge in [0.1, 0.15) is 0 Å². The quantitative estimate of drug-likeness (QED) is 0.599. The molecule has 0 aromatic heterocycles. The number of benzene rings is 3. The van der Waals surface area contributed by atoms with E-state index in [4.69, 9.17) is 21.1 Å². The number of hydrogen-bond acceptors (Lipinski definition) is 5. The van der Waals surface area contributed by atoms with Crippen molar-refractivity contribution in [1.82, 2.24) is 0 Å². The lowest BCUT2D eigenvalue weighted by Gasteiger charge is -2.13. The molecule has 1 heterocycles. The van der Waals surface area contributed by atoms with Crippen molar-refractivity contribution in [3.05, 3.63) is 82.9 Å². The SMILES string of the molecule is O=C(Nc1cc2c(cc1Cl)OCCCO2)c1cccc(CS(=O)(=O)c2ccccc2)c1. The highest BCUT2D eigenvalue weighted by Gasteiger charge is 2.18. The second kappa shape index (κ2) is 8.99. The summed E-state index contributed by atoms with van der Waals surface area (Å²) in [6.45, 7) is 1.05. The third-order valence-electron chi connectivity index (χ3n) is 4.73. The standard InChI is InChI=1S/C23H20ClNO5S/c24-19-13-21-22(30-11-5-10-29-21)14-20(19)25-23(26)17-7-4-6-16(12-17)15-31(27,28)18-8-2-1-3-9-18/h1-4,6-9,12-14H,5,10-11,15H2,(H,25,26). The van der Waals surface area contributed by atoms with Gasteiger partial charge in [-0.1, -0.05) is 41.9 Å². The van der Waals surface area contributed by atoms with E-state index in [-0.39, 0.29) is 10.6 Å². The summed E-state index contributed by atoms with van der Waals surface area (Å²) in [5.74, 6) is 0.437. The number of halogens is 1. The fourth-order valence-electron chi connectivity index (χ4n) is 3.21. The molecule has 3 aromatic rings. The van der Waals surface area contributed by atoms with Crippen molar-refractivity contribution in [1.29, 1.82) is 0 Å². The molecule has 0 bridgehead atoms. The Kier molecular flexibility index (Phi) is 6.15. The van der Waals surface area contributed by atoms with Crippen molar-refractivity contribution in [2.24, 2.45) is 0 Å². The number of anilines is 1. The van der Waals surface area contributed by atoms with Gasteiger partial charge in [-0.25, -0.2) is 8.42 Å². The Morgan fingerprint density at radius 3 is 2.39 bits per heavy atom. The van der Waals surface area contributed by atoms with Crippen LogP contribution in [0.3, 0.4) is 0 Å². The zero-order valence-corrected chi connectivity index (χ0v) is 18.1. The molecule has 8 heteroatoms. The van der Waals surface area contributed by atoms with E-state index in [0.717, 1.165) is 6.42 Å². The molecule has 0 aliphatic carbocycles. The summed E-state index contributed by atoms with van der Waals surface area (Å²) in [4.78, 5) is 13.0. The lowest BCUT2D eigenvalue weighted by Crippen LogP contribution is -2.13. The van der Waals surface area contributed by atoms with E-state index in [9.17, 15) is 13.2 Å². The maximum Gasteiger partial charge on any atom is 0.255 e. The zero-order valence-electron chi connectivity index (χ0n) is 16.5. The molecule has 0 saturated heterocycles. The molecule has 1 aliphatic heterocycles. The first kappa shape index (κ1) is 21.2. The molecular formula is C23H20ClNO5S. The first-order valence-corrected chi connectivity index (χ1v) is 11.7. The first-order valence-electron chi connectivity index (χ1n) is 9.70. The number of ether oxygens (including phenoxy) is 2. The second-order valence-corrected chi connectivity index (χ2v) is 9.45. The summed E-state index contributed by atoms with van der Waals surface area (Å²) < 4.78 is 36.5. The molecule has 3 aromatic carbocycles. The van der Waals surface area contributed by atoms with Crippen LogP contribution < -0.4 is 14.8 Å². The molecule has 1 N–H and O–H groups in total. The molecule has 0 saturated carbocycles. The van der Waals surface area contributed by atoms with Crippen molar-refractivity contribution < 1.29 is 22.7 Å². The Labute approximate surface area is 185 Å².